The standard InChI is InChI=1S/C29H42F17NO2/c1-2-3-4-5-6-7-8-9-10-11-12-13-14-15-16-17-19-47-21(48)49-20-18-22(30,31)23(32,33)24(34,35)25(36,37)26(38,39)27(40,41)28(42,43)29(44,45)46/h2-20H2,1H3,(H,47,48). The number of ether oxygens (including phenoxy) is 1. The van der Waals surface area contributed by atoms with Crippen LogP contribution in [0.2, 0.25) is 0 Å². The van der Waals surface area contributed by atoms with E-state index < -0.39 is 66.8 Å². The molecule has 1 amide bonds. The summed E-state index contributed by atoms with van der Waals surface area (Å²) < 4.78 is 230. The van der Waals surface area contributed by atoms with E-state index in [1.54, 1.807) is 0 Å². The van der Waals surface area contributed by atoms with Crippen molar-refractivity contribution in [2.75, 3.05) is 13.2 Å². The number of hydrogen-bond acceptors (Lipinski definition) is 2. The Morgan fingerprint density at radius 3 is 1.10 bits per heavy atom. The van der Waals surface area contributed by atoms with Crippen LogP contribution < -0.4 is 5.32 Å². The van der Waals surface area contributed by atoms with E-state index in [0.717, 1.165) is 38.5 Å². The quantitative estimate of drug-likeness (QED) is 0.0705. The van der Waals surface area contributed by atoms with Gasteiger partial charge in [0, 0.05) is 6.54 Å². The Bertz CT molecular complexity index is 956. The van der Waals surface area contributed by atoms with Gasteiger partial charge >= 0.3 is 53.7 Å². The van der Waals surface area contributed by atoms with E-state index in [0.29, 0.717) is 12.8 Å². The van der Waals surface area contributed by atoms with Gasteiger partial charge in [-0.1, -0.05) is 103 Å². The number of hydrogen-bond donors (Lipinski definition) is 1. The van der Waals surface area contributed by atoms with Gasteiger partial charge < -0.3 is 10.1 Å². The van der Waals surface area contributed by atoms with E-state index in [9.17, 15) is 79.4 Å². The van der Waals surface area contributed by atoms with Crippen LogP contribution in [0.4, 0.5) is 79.4 Å². The van der Waals surface area contributed by atoms with E-state index in [1.165, 1.54) is 51.4 Å². The molecule has 0 aliphatic carbocycles. The minimum absolute atomic E-state index is 0.139. The summed E-state index contributed by atoms with van der Waals surface area (Å²) in [5.41, 5.74) is 0. The minimum atomic E-state index is -8.68. The van der Waals surface area contributed by atoms with Crippen LogP contribution in [0.3, 0.4) is 0 Å². The fourth-order valence-electron chi connectivity index (χ4n) is 4.54. The number of amides is 1. The Kier molecular flexibility index (Phi) is 18.3. The number of nitrogens with one attached hydrogen (secondary N) is 1. The van der Waals surface area contributed by atoms with Crippen LogP contribution in [0, 0.1) is 0 Å². The lowest BCUT2D eigenvalue weighted by Crippen LogP contribution is -2.74. The number of unbranched alkanes of at least 4 members (excludes halogenated alkanes) is 15. The molecule has 0 aromatic carbocycles. The van der Waals surface area contributed by atoms with Crippen molar-refractivity contribution in [3.8, 4) is 0 Å². The smallest absolute Gasteiger partial charge is 0.449 e. The molecule has 0 aliphatic rings. The minimum Gasteiger partial charge on any atom is -0.449 e. The number of alkyl carbamates (subject to hydrolysis) is 1. The van der Waals surface area contributed by atoms with Crippen molar-refractivity contribution in [3.63, 3.8) is 0 Å². The first-order valence-electron chi connectivity index (χ1n) is 15.8. The highest BCUT2D eigenvalue weighted by atomic mass is 19.4. The first-order valence-corrected chi connectivity index (χ1v) is 15.8. The van der Waals surface area contributed by atoms with Gasteiger partial charge in [0.1, 0.15) is 0 Å². The van der Waals surface area contributed by atoms with Crippen LogP contribution in [-0.2, 0) is 4.74 Å². The third-order valence-corrected chi connectivity index (χ3v) is 7.74. The fraction of sp³-hybridized carbons (Fsp3) is 0.966. The molecular weight excluding hydrogens is 717 g/mol. The van der Waals surface area contributed by atoms with E-state index in [4.69, 9.17) is 0 Å². The maximum atomic E-state index is 13.9. The predicted molar refractivity (Wildman–Crippen MR) is 144 cm³/mol. The Hall–Kier alpha value is -1.92. The van der Waals surface area contributed by atoms with E-state index in [2.05, 4.69) is 11.7 Å². The summed E-state index contributed by atoms with van der Waals surface area (Å²) in [6.45, 7) is 0.0604. The maximum Gasteiger partial charge on any atom is 0.460 e. The second kappa shape index (κ2) is 19.1. The molecule has 49 heavy (non-hydrogen) atoms. The van der Waals surface area contributed by atoms with Crippen LogP contribution in [0.25, 0.3) is 0 Å². The van der Waals surface area contributed by atoms with Crippen LogP contribution >= 0.6 is 0 Å². The summed E-state index contributed by atoms with van der Waals surface area (Å²) in [5, 5.41) is 1.97. The third-order valence-electron chi connectivity index (χ3n) is 7.74. The second-order valence-corrected chi connectivity index (χ2v) is 11.8. The highest BCUT2D eigenvalue weighted by molar-refractivity contribution is 5.66. The van der Waals surface area contributed by atoms with Crippen LogP contribution in [0.15, 0.2) is 0 Å². The van der Waals surface area contributed by atoms with Crippen molar-refractivity contribution in [1.82, 2.24) is 5.32 Å². The van der Waals surface area contributed by atoms with Crippen molar-refractivity contribution in [3.05, 3.63) is 0 Å². The summed E-state index contributed by atoms with van der Waals surface area (Å²) >= 11 is 0. The highest BCUT2D eigenvalue weighted by Crippen LogP contribution is 2.64. The van der Waals surface area contributed by atoms with E-state index in [1.807, 2.05) is 5.32 Å². The lowest BCUT2D eigenvalue weighted by molar-refractivity contribution is -0.461. The predicted octanol–water partition coefficient (Wildman–Crippen LogP) is 12.4. The molecule has 1 N–H and O–H groups in total. The van der Waals surface area contributed by atoms with Gasteiger partial charge in [-0.15, -0.1) is 0 Å². The summed E-state index contributed by atoms with van der Waals surface area (Å²) in [6, 6.07) is 0. The number of rotatable bonds is 26. The molecule has 20 heteroatoms. The molecule has 3 nitrogen and oxygen atoms in total. The van der Waals surface area contributed by atoms with Gasteiger partial charge in [0.15, 0.2) is 0 Å². The normalized spacial score (nSPS) is 14.3. The zero-order valence-corrected chi connectivity index (χ0v) is 26.7. The molecule has 0 atom stereocenters. The van der Waals surface area contributed by atoms with Gasteiger partial charge in [-0.3, -0.25) is 0 Å². The molecular formula is C29H42F17NO2. The third kappa shape index (κ3) is 11.8. The first kappa shape index (κ1) is 47.1. The molecule has 0 saturated heterocycles. The van der Waals surface area contributed by atoms with Gasteiger partial charge in [0.2, 0.25) is 0 Å². The number of alkyl halides is 17. The molecule has 0 bridgehead atoms. The largest absolute Gasteiger partial charge is 0.460 e. The zero-order chi connectivity index (χ0) is 38.4. The SMILES string of the molecule is CCCCCCCCCCCCCCCCCCNC(=O)OCCC(F)(F)C(F)(F)C(F)(F)C(F)(F)C(F)(F)C(F)(F)C(F)(F)C(F)(F)F. The maximum absolute atomic E-state index is 13.9. The van der Waals surface area contributed by atoms with Crippen molar-refractivity contribution >= 4 is 6.09 Å². The summed E-state index contributed by atoms with van der Waals surface area (Å²) in [7, 11) is 0. The fourth-order valence-corrected chi connectivity index (χ4v) is 4.54. The number of halogens is 17. The molecule has 0 aromatic rings. The lowest BCUT2D eigenvalue weighted by atomic mass is 9.88. The summed E-state index contributed by atoms with van der Waals surface area (Å²) in [4.78, 5) is 11.5. The van der Waals surface area contributed by atoms with Crippen LogP contribution in [-0.4, -0.2) is 66.9 Å². The average Bonchev–Trinajstić information content (AvgIpc) is 2.97. The second-order valence-electron chi connectivity index (χ2n) is 11.8. The molecule has 294 valence electrons. The Morgan fingerprint density at radius 1 is 0.449 bits per heavy atom. The molecule has 0 fully saturated rings. The Labute approximate surface area is 273 Å². The topological polar surface area (TPSA) is 38.3 Å². The van der Waals surface area contributed by atoms with Crippen LogP contribution in [0.1, 0.15) is 116 Å². The Morgan fingerprint density at radius 2 is 0.755 bits per heavy atom. The molecule has 0 radical (unpaired) electrons. The van der Waals surface area contributed by atoms with Crippen molar-refractivity contribution < 1.29 is 84.2 Å². The zero-order valence-electron chi connectivity index (χ0n) is 26.7. The number of carbonyl (C=O) groups is 1. The van der Waals surface area contributed by atoms with Gasteiger partial charge in [-0.25, -0.2) is 4.79 Å². The Balaban J connectivity index is 4.67. The highest BCUT2D eigenvalue weighted by Gasteiger charge is 2.95. The molecule has 0 spiro atoms. The monoisotopic (exact) mass is 759 g/mol. The van der Waals surface area contributed by atoms with E-state index >= 15 is 0 Å². The van der Waals surface area contributed by atoms with E-state index in [-0.39, 0.29) is 6.54 Å². The number of carbonyl (C=O) groups excluding carboxylic acids is 1. The molecule has 0 aromatic heterocycles. The average molecular weight is 760 g/mol. The van der Waals surface area contributed by atoms with Gasteiger partial charge in [-0.05, 0) is 6.42 Å². The molecule has 0 rings (SSSR count). The van der Waals surface area contributed by atoms with Crippen molar-refractivity contribution in [1.29, 1.82) is 0 Å². The van der Waals surface area contributed by atoms with Crippen LogP contribution in [0.5, 0.6) is 0 Å². The molecule has 0 unspecified atom stereocenters. The summed E-state index contributed by atoms with van der Waals surface area (Å²) in [5.74, 6) is -56.8. The van der Waals surface area contributed by atoms with Gasteiger partial charge in [-0.2, -0.15) is 74.6 Å². The van der Waals surface area contributed by atoms with Crippen molar-refractivity contribution in [2.45, 2.75) is 164 Å². The first-order chi connectivity index (χ1) is 22.2. The van der Waals surface area contributed by atoms with Gasteiger partial charge in [0.05, 0.1) is 13.0 Å². The lowest BCUT2D eigenvalue weighted by Gasteiger charge is -2.42. The summed E-state index contributed by atoms with van der Waals surface area (Å²) in [6.07, 6.45) is 4.47. The van der Waals surface area contributed by atoms with Gasteiger partial charge in [0.25, 0.3) is 0 Å². The van der Waals surface area contributed by atoms with Crippen molar-refractivity contribution in [2.24, 2.45) is 0 Å². The molecule has 0 aliphatic heterocycles. The molecule has 0 saturated carbocycles. The molecule has 0 heterocycles.